The molecule has 94 valence electrons. The summed E-state index contributed by atoms with van der Waals surface area (Å²) >= 11 is 1.59. The van der Waals surface area contributed by atoms with E-state index < -0.39 is 0 Å². The second-order valence-electron chi connectivity index (χ2n) is 4.20. The molecule has 0 unspecified atom stereocenters. The first-order valence-electron chi connectivity index (χ1n) is 5.92. The van der Waals surface area contributed by atoms with Gasteiger partial charge in [0.1, 0.15) is 5.82 Å². The Labute approximate surface area is 111 Å². The highest BCUT2D eigenvalue weighted by Crippen LogP contribution is 2.31. The van der Waals surface area contributed by atoms with E-state index in [2.05, 4.69) is 13.0 Å². The molecule has 0 aromatic heterocycles. The van der Waals surface area contributed by atoms with Crippen molar-refractivity contribution in [1.29, 1.82) is 0 Å². The van der Waals surface area contributed by atoms with Gasteiger partial charge in [0.15, 0.2) is 0 Å². The molecule has 0 saturated heterocycles. The van der Waals surface area contributed by atoms with Gasteiger partial charge in [-0.1, -0.05) is 30.0 Å². The molecule has 0 aliphatic heterocycles. The summed E-state index contributed by atoms with van der Waals surface area (Å²) in [6.07, 6.45) is 0.707. The molecule has 0 fully saturated rings. The van der Waals surface area contributed by atoms with Crippen LogP contribution in [-0.4, -0.2) is 6.54 Å². The fraction of sp³-hybridized carbons (Fsp3) is 0.200. The molecule has 0 saturated carbocycles. The van der Waals surface area contributed by atoms with E-state index in [0.29, 0.717) is 13.0 Å². The minimum Gasteiger partial charge on any atom is -0.330 e. The first-order chi connectivity index (χ1) is 8.69. The molecule has 2 aromatic rings. The first-order valence-corrected chi connectivity index (χ1v) is 6.73. The van der Waals surface area contributed by atoms with Crippen molar-refractivity contribution in [1.82, 2.24) is 0 Å². The Bertz CT molecular complexity index is 540. The van der Waals surface area contributed by atoms with Gasteiger partial charge in [0, 0.05) is 9.79 Å². The maximum Gasteiger partial charge on any atom is 0.124 e. The van der Waals surface area contributed by atoms with Crippen LogP contribution in [0, 0.1) is 12.7 Å². The summed E-state index contributed by atoms with van der Waals surface area (Å²) in [5.41, 5.74) is 7.66. The molecular weight excluding hydrogens is 245 g/mol. The molecule has 1 nitrogen and oxygen atoms in total. The smallest absolute Gasteiger partial charge is 0.124 e. The summed E-state index contributed by atoms with van der Waals surface area (Å²) < 4.78 is 13.5. The minimum absolute atomic E-state index is 0.197. The van der Waals surface area contributed by atoms with Crippen LogP contribution < -0.4 is 5.73 Å². The highest BCUT2D eigenvalue weighted by Gasteiger charge is 2.04. The summed E-state index contributed by atoms with van der Waals surface area (Å²) in [6.45, 7) is 2.60. The maximum absolute atomic E-state index is 13.5. The van der Waals surface area contributed by atoms with Crippen molar-refractivity contribution in [2.45, 2.75) is 23.1 Å². The van der Waals surface area contributed by atoms with Gasteiger partial charge in [-0.2, -0.15) is 0 Å². The second kappa shape index (κ2) is 6.03. The zero-order chi connectivity index (χ0) is 13.0. The summed E-state index contributed by atoms with van der Waals surface area (Å²) in [4.78, 5) is 2.08. The minimum atomic E-state index is -0.197. The molecule has 0 amide bonds. The number of nitrogens with two attached hydrogens (primary N) is 1. The normalized spacial score (nSPS) is 10.6. The molecule has 3 heteroatoms. The van der Waals surface area contributed by atoms with Crippen LogP contribution >= 0.6 is 11.8 Å². The molecule has 2 rings (SSSR count). The molecular formula is C15H16FNS. The number of aryl methyl sites for hydroxylation is 1. The highest BCUT2D eigenvalue weighted by atomic mass is 32.2. The van der Waals surface area contributed by atoms with Gasteiger partial charge in [-0.25, -0.2) is 4.39 Å². The molecule has 18 heavy (non-hydrogen) atoms. The van der Waals surface area contributed by atoms with Crippen molar-refractivity contribution in [2.75, 3.05) is 6.54 Å². The van der Waals surface area contributed by atoms with Crippen LogP contribution in [-0.2, 0) is 6.42 Å². The van der Waals surface area contributed by atoms with Crippen molar-refractivity contribution in [3.63, 3.8) is 0 Å². The lowest BCUT2D eigenvalue weighted by atomic mass is 10.1. The van der Waals surface area contributed by atoms with Crippen LogP contribution in [0.5, 0.6) is 0 Å². The Morgan fingerprint density at radius 2 is 1.94 bits per heavy atom. The fourth-order valence-corrected chi connectivity index (χ4v) is 2.80. The first kappa shape index (κ1) is 13.1. The SMILES string of the molecule is Cc1ccccc1Sc1cc(F)cc(CCN)c1. The molecule has 0 radical (unpaired) electrons. The molecule has 0 bridgehead atoms. The molecule has 0 atom stereocenters. The lowest BCUT2D eigenvalue weighted by molar-refractivity contribution is 0.621. The van der Waals surface area contributed by atoms with Gasteiger partial charge < -0.3 is 5.73 Å². The average molecular weight is 261 g/mol. The zero-order valence-electron chi connectivity index (χ0n) is 10.3. The van der Waals surface area contributed by atoms with Gasteiger partial charge in [0.25, 0.3) is 0 Å². The number of hydrogen-bond donors (Lipinski definition) is 1. The van der Waals surface area contributed by atoms with Gasteiger partial charge in [0.2, 0.25) is 0 Å². The summed E-state index contributed by atoms with van der Waals surface area (Å²) in [7, 11) is 0. The number of hydrogen-bond acceptors (Lipinski definition) is 2. The van der Waals surface area contributed by atoms with E-state index in [4.69, 9.17) is 5.73 Å². The molecule has 0 spiro atoms. The molecule has 0 aliphatic carbocycles. The Hall–Kier alpha value is -1.32. The Kier molecular flexibility index (Phi) is 4.39. The quantitative estimate of drug-likeness (QED) is 0.906. The Morgan fingerprint density at radius 1 is 1.17 bits per heavy atom. The van der Waals surface area contributed by atoms with Crippen LogP contribution in [0.2, 0.25) is 0 Å². The largest absolute Gasteiger partial charge is 0.330 e. The lowest BCUT2D eigenvalue weighted by Crippen LogP contribution is -2.03. The van der Waals surface area contributed by atoms with Crippen molar-refractivity contribution >= 4 is 11.8 Å². The Balaban J connectivity index is 2.26. The molecule has 2 aromatic carbocycles. The van der Waals surface area contributed by atoms with Crippen LogP contribution in [0.25, 0.3) is 0 Å². The van der Waals surface area contributed by atoms with Crippen molar-refractivity contribution < 1.29 is 4.39 Å². The number of rotatable bonds is 4. The van der Waals surface area contributed by atoms with Gasteiger partial charge in [-0.3, -0.25) is 0 Å². The third-order valence-corrected chi connectivity index (χ3v) is 3.83. The van der Waals surface area contributed by atoms with Crippen LogP contribution in [0.1, 0.15) is 11.1 Å². The van der Waals surface area contributed by atoms with E-state index in [1.54, 1.807) is 23.9 Å². The van der Waals surface area contributed by atoms with E-state index in [-0.39, 0.29) is 5.82 Å². The third kappa shape index (κ3) is 3.34. The number of halogens is 1. The monoisotopic (exact) mass is 261 g/mol. The predicted octanol–water partition coefficient (Wildman–Crippen LogP) is 3.79. The van der Waals surface area contributed by atoms with Crippen molar-refractivity contribution in [2.24, 2.45) is 5.73 Å². The maximum atomic E-state index is 13.5. The van der Waals surface area contributed by atoms with E-state index in [9.17, 15) is 4.39 Å². The highest BCUT2D eigenvalue weighted by molar-refractivity contribution is 7.99. The third-order valence-electron chi connectivity index (χ3n) is 2.69. The van der Waals surface area contributed by atoms with E-state index in [1.165, 1.54) is 5.56 Å². The van der Waals surface area contributed by atoms with Gasteiger partial charge in [-0.05, 0) is 55.3 Å². The van der Waals surface area contributed by atoms with E-state index in [0.717, 1.165) is 15.4 Å². The van der Waals surface area contributed by atoms with Gasteiger partial charge in [-0.15, -0.1) is 0 Å². The average Bonchev–Trinajstić information content (AvgIpc) is 2.32. The van der Waals surface area contributed by atoms with Gasteiger partial charge >= 0.3 is 0 Å². The van der Waals surface area contributed by atoms with E-state index in [1.807, 2.05) is 24.3 Å². The Morgan fingerprint density at radius 3 is 2.67 bits per heavy atom. The van der Waals surface area contributed by atoms with Crippen LogP contribution in [0.4, 0.5) is 4.39 Å². The van der Waals surface area contributed by atoms with Crippen LogP contribution in [0.15, 0.2) is 52.3 Å². The topological polar surface area (TPSA) is 26.0 Å². The predicted molar refractivity (Wildman–Crippen MR) is 74.5 cm³/mol. The van der Waals surface area contributed by atoms with Gasteiger partial charge in [0.05, 0.1) is 0 Å². The van der Waals surface area contributed by atoms with E-state index >= 15 is 0 Å². The summed E-state index contributed by atoms with van der Waals surface area (Å²) in [6, 6.07) is 13.2. The van der Waals surface area contributed by atoms with Crippen molar-refractivity contribution in [3.8, 4) is 0 Å². The standard InChI is InChI=1S/C15H16FNS/c1-11-4-2-3-5-15(11)18-14-9-12(6-7-17)8-13(16)10-14/h2-5,8-10H,6-7,17H2,1H3. The molecule has 2 N–H and O–H groups in total. The summed E-state index contributed by atoms with van der Waals surface area (Å²) in [5, 5.41) is 0. The van der Waals surface area contributed by atoms with Crippen LogP contribution in [0.3, 0.4) is 0 Å². The molecule has 0 aliphatic rings. The summed E-state index contributed by atoms with van der Waals surface area (Å²) in [5.74, 6) is -0.197. The molecule has 0 heterocycles. The number of benzene rings is 2. The fourth-order valence-electron chi connectivity index (χ4n) is 1.79. The lowest BCUT2D eigenvalue weighted by Gasteiger charge is -2.07. The zero-order valence-corrected chi connectivity index (χ0v) is 11.1. The second-order valence-corrected chi connectivity index (χ2v) is 5.32. The van der Waals surface area contributed by atoms with Crippen molar-refractivity contribution in [3.05, 3.63) is 59.4 Å².